The summed E-state index contributed by atoms with van der Waals surface area (Å²) in [5.41, 5.74) is 0.268. The molecule has 0 aliphatic heterocycles. The van der Waals surface area contributed by atoms with Crippen LogP contribution in [0.2, 0.25) is 0 Å². The molecule has 1 unspecified atom stereocenters. The van der Waals surface area contributed by atoms with Crippen molar-refractivity contribution < 1.29 is 27.4 Å². The lowest BCUT2D eigenvalue weighted by Gasteiger charge is -2.18. The lowest BCUT2D eigenvalue weighted by atomic mass is 10.0. The minimum Gasteiger partial charge on any atom is -0.497 e. The van der Waals surface area contributed by atoms with E-state index in [2.05, 4.69) is 5.32 Å². The maximum atomic E-state index is 12.8. The van der Waals surface area contributed by atoms with E-state index in [0.717, 1.165) is 17.7 Å². The van der Waals surface area contributed by atoms with E-state index in [4.69, 9.17) is 9.47 Å². The highest BCUT2D eigenvalue weighted by Crippen LogP contribution is 2.30. The smallest absolute Gasteiger partial charge is 0.416 e. The van der Waals surface area contributed by atoms with Crippen molar-refractivity contribution in [2.24, 2.45) is 0 Å². The van der Waals surface area contributed by atoms with E-state index in [1.807, 2.05) is 0 Å². The van der Waals surface area contributed by atoms with Gasteiger partial charge in [0.2, 0.25) is 5.91 Å². The molecule has 1 atom stereocenters. The molecule has 0 aliphatic rings. The van der Waals surface area contributed by atoms with Crippen LogP contribution in [-0.2, 0) is 17.4 Å². The van der Waals surface area contributed by atoms with Crippen LogP contribution in [0.3, 0.4) is 0 Å². The molecule has 0 bridgehead atoms. The average molecular weight is 367 g/mol. The lowest BCUT2D eigenvalue weighted by Crippen LogP contribution is -2.28. The fourth-order valence-electron chi connectivity index (χ4n) is 2.59. The van der Waals surface area contributed by atoms with E-state index in [1.165, 1.54) is 26.4 Å². The zero-order valence-electron chi connectivity index (χ0n) is 14.7. The van der Waals surface area contributed by atoms with Gasteiger partial charge in [-0.05, 0) is 30.7 Å². The first-order chi connectivity index (χ1) is 12.2. The summed E-state index contributed by atoms with van der Waals surface area (Å²) in [5.74, 6) is 0.791. The number of amides is 1. The number of ether oxygens (including phenoxy) is 2. The molecule has 0 heterocycles. The van der Waals surface area contributed by atoms with Crippen molar-refractivity contribution in [3.8, 4) is 11.5 Å². The molecule has 2 rings (SSSR count). The molecule has 1 amide bonds. The number of nitrogens with one attached hydrogen (secondary N) is 1. The minimum absolute atomic E-state index is 0.146. The molecule has 2 aromatic rings. The van der Waals surface area contributed by atoms with Crippen molar-refractivity contribution in [2.45, 2.75) is 25.6 Å². The normalized spacial score (nSPS) is 12.4. The molecular formula is C19H20F3NO3. The Balaban J connectivity index is 2.08. The molecule has 0 radical (unpaired) electrons. The molecule has 1 N–H and O–H groups in total. The van der Waals surface area contributed by atoms with Gasteiger partial charge in [0.25, 0.3) is 0 Å². The molecule has 0 spiro atoms. The Morgan fingerprint density at radius 3 is 2.46 bits per heavy atom. The molecule has 0 aromatic heterocycles. The van der Waals surface area contributed by atoms with Crippen LogP contribution >= 0.6 is 0 Å². The van der Waals surface area contributed by atoms with E-state index < -0.39 is 11.7 Å². The number of hydrogen-bond donors (Lipinski definition) is 1. The summed E-state index contributed by atoms with van der Waals surface area (Å²) in [4.78, 5) is 12.2. The Kier molecular flexibility index (Phi) is 6.13. The third-order valence-electron chi connectivity index (χ3n) is 3.90. The van der Waals surface area contributed by atoms with Crippen LogP contribution in [0.1, 0.15) is 29.7 Å². The second-order valence-corrected chi connectivity index (χ2v) is 5.77. The molecule has 0 saturated heterocycles. The van der Waals surface area contributed by atoms with Crippen molar-refractivity contribution in [3.05, 3.63) is 59.2 Å². The van der Waals surface area contributed by atoms with Crippen molar-refractivity contribution in [1.29, 1.82) is 0 Å². The van der Waals surface area contributed by atoms with Crippen LogP contribution < -0.4 is 14.8 Å². The SMILES string of the molecule is COc1ccc(C(C)NC(=O)Cc2cccc(C(F)(F)F)c2)c(OC)c1. The van der Waals surface area contributed by atoms with Crippen LogP contribution in [0.25, 0.3) is 0 Å². The second-order valence-electron chi connectivity index (χ2n) is 5.77. The summed E-state index contributed by atoms with van der Waals surface area (Å²) in [5, 5.41) is 2.77. The van der Waals surface area contributed by atoms with Crippen molar-refractivity contribution in [2.75, 3.05) is 14.2 Å². The van der Waals surface area contributed by atoms with Gasteiger partial charge in [-0.15, -0.1) is 0 Å². The monoisotopic (exact) mass is 367 g/mol. The van der Waals surface area contributed by atoms with E-state index in [-0.39, 0.29) is 18.4 Å². The van der Waals surface area contributed by atoms with Gasteiger partial charge in [0.1, 0.15) is 11.5 Å². The largest absolute Gasteiger partial charge is 0.497 e. The molecular weight excluding hydrogens is 347 g/mol. The summed E-state index contributed by atoms with van der Waals surface area (Å²) in [6, 6.07) is 9.58. The number of benzene rings is 2. The van der Waals surface area contributed by atoms with E-state index in [1.54, 1.807) is 25.1 Å². The third kappa shape index (κ3) is 4.91. The fraction of sp³-hybridized carbons (Fsp3) is 0.316. The average Bonchev–Trinajstić information content (AvgIpc) is 2.60. The second kappa shape index (κ2) is 8.12. The van der Waals surface area contributed by atoms with E-state index in [9.17, 15) is 18.0 Å². The van der Waals surface area contributed by atoms with Gasteiger partial charge in [0.05, 0.1) is 32.2 Å². The van der Waals surface area contributed by atoms with Crippen LogP contribution in [0.5, 0.6) is 11.5 Å². The van der Waals surface area contributed by atoms with Crippen molar-refractivity contribution in [1.82, 2.24) is 5.32 Å². The zero-order valence-corrected chi connectivity index (χ0v) is 14.7. The van der Waals surface area contributed by atoms with Gasteiger partial charge in [-0.1, -0.05) is 18.2 Å². The number of carbonyl (C=O) groups excluding carboxylic acids is 1. The maximum absolute atomic E-state index is 12.8. The van der Waals surface area contributed by atoms with E-state index >= 15 is 0 Å². The first-order valence-corrected chi connectivity index (χ1v) is 7.92. The summed E-state index contributed by atoms with van der Waals surface area (Å²) in [6.45, 7) is 1.77. The molecule has 140 valence electrons. The van der Waals surface area contributed by atoms with Gasteiger partial charge < -0.3 is 14.8 Å². The molecule has 7 heteroatoms. The van der Waals surface area contributed by atoms with Gasteiger partial charge >= 0.3 is 6.18 Å². The third-order valence-corrected chi connectivity index (χ3v) is 3.90. The number of rotatable bonds is 6. The molecule has 0 fully saturated rings. The number of alkyl halides is 3. The van der Waals surface area contributed by atoms with Gasteiger partial charge in [-0.25, -0.2) is 0 Å². The van der Waals surface area contributed by atoms with E-state index in [0.29, 0.717) is 17.1 Å². The summed E-state index contributed by atoms with van der Waals surface area (Å²) < 4.78 is 48.7. The number of methoxy groups -OCH3 is 2. The Hall–Kier alpha value is -2.70. The summed E-state index contributed by atoms with van der Waals surface area (Å²) >= 11 is 0. The molecule has 0 aliphatic carbocycles. The first kappa shape index (κ1) is 19.6. The maximum Gasteiger partial charge on any atom is 0.416 e. The summed E-state index contributed by atoms with van der Waals surface area (Å²) in [7, 11) is 3.05. The summed E-state index contributed by atoms with van der Waals surface area (Å²) in [6.07, 6.45) is -4.58. The Bertz CT molecular complexity index is 775. The standard InChI is InChI=1S/C19H20F3NO3/c1-12(16-8-7-15(25-2)11-17(16)26-3)23-18(24)10-13-5-4-6-14(9-13)19(20,21)22/h4-9,11-12H,10H2,1-3H3,(H,23,24). The fourth-order valence-corrected chi connectivity index (χ4v) is 2.59. The van der Waals surface area contributed by atoms with Crippen molar-refractivity contribution in [3.63, 3.8) is 0 Å². The highest BCUT2D eigenvalue weighted by molar-refractivity contribution is 5.79. The number of hydrogen-bond acceptors (Lipinski definition) is 3. The zero-order chi connectivity index (χ0) is 19.3. The van der Waals surface area contributed by atoms with Crippen LogP contribution in [-0.4, -0.2) is 20.1 Å². The van der Waals surface area contributed by atoms with Crippen molar-refractivity contribution >= 4 is 5.91 Å². The van der Waals surface area contributed by atoms with Crippen LogP contribution in [0.4, 0.5) is 13.2 Å². The molecule has 4 nitrogen and oxygen atoms in total. The Labute approximate surface area is 149 Å². The highest BCUT2D eigenvalue weighted by Gasteiger charge is 2.30. The van der Waals surface area contributed by atoms with Gasteiger partial charge in [-0.2, -0.15) is 13.2 Å². The quantitative estimate of drug-likeness (QED) is 0.835. The Morgan fingerprint density at radius 1 is 1.12 bits per heavy atom. The molecule has 2 aromatic carbocycles. The first-order valence-electron chi connectivity index (χ1n) is 7.92. The van der Waals surface area contributed by atoms with Gasteiger partial charge in [0.15, 0.2) is 0 Å². The molecule has 0 saturated carbocycles. The lowest BCUT2D eigenvalue weighted by molar-refractivity contribution is -0.137. The Morgan fingerprint density at radius 2 is 1.85 bits per heavy atom. The number of halogens is 3. The van der Waals surface area contributed by atoms with Gasteiger partial charge in [0, 0.05) is 11.6 Å². The predicted molar refractivity (Wildman–Crippen MR) is 91.3 cm³/mol. The predicted octanol–water partition coefficient (Wildman–Crippen LogP) is 4.14. The molecule has 26 heavy (non-hydrogen) atoms. The topological polar surface area (TPSA) is 47.6 Å². The van der Waals surface area contributed by atoms with Crippen LogP contribution in [0, 0.1) is 0 Å². The number of carbonyl (C=O) groups is 1. The minimum atomic E-state index is -4.43. The highest BCUT2D eigenvalue weighted by atomic mass is 19.4. The van der Waals surface area contributed by atoms with Gasteiger partial charge in [-0.3, -0.25) is 4.79 Å². The van der Waals surface area contributed by atoms with Crippen LogP contribution in [0.15, 0.2) is 42.5 Å².